The van der Waals surface area contributed by atoms with Crippen molar-refractivity contribution in [2.45, 2.75) is 26.2 Å². The Morgan fingerprint density at radius 3 is 2.38 bits per heavy atom. The highest BCUT2D eigenvalue weighted by Gasteiger charge is 2.38. The first-order valence-corrected chi connectivity index (χ1v) is 3.71. The summed E-state index contributed by atoms with van der Waals surface area (Å²) >= 11 is 0. The minimum atomic E-state index is 1.01. The summed E-state index contributed by atoms with van der Waals surface area (Å²) in [7, 11) is 0. The van der Waals surface area contributed by atoms with Crippen LogP contribution in [0, 0.1) is 24.2 Å². The summed E-state index contributed by atoms with van der Waals surface area (Å²) in [6, 6.07) is 0. The fraction of sp³-hybridized carbons (Fsp3) is 0.875. The first-order chi connectivity index (χ1) is 3.88. The zero-order chi connectivity index (χ0) is 5.56. The Morgan fingerprint density at radius 1 is 1.38 bits per heavy atom. The van der Waals surface area contributed by atoms with Gasteiger partial charge in [0.1, 0.15) is 0 Å². The molecule has 2 saturated carbocycles. The quantitative estimate of drug-likeness (QED) is 0.447. The van der Waals surface area contributed by atoms with E-state index in [1.165, 1.54) is 19.3 Å². The van der Waals surface area contributed by atoms with E-state index in [0.29, 0.717) is 0 Å². The fourth-order valence-corrected chi connectivity index (χ4v) is 2.30. The highest BCUT2D eigenvalue weighted by molar-refractivity contribution is 4.99. The molecule has 0 aromatic rings. The van der Waals surface area contributed by atoms with Gasteiger partial charge < -0.3 is 0 Å². The van der Waals surface area contributed by atoms with Crippen LogP contribution in [0.25, 0.3) is 0 Å². The SMILES string of the molecule is CC1C2[CH]CC1CC2. The Kier molecular flexibility index (Phi) is 0.902. The van der Waals surface area contributed by atoms with Gasteiger partial charge in [0.2, 0.25) is 0 Å². The van der Waals surface area contributed by atoms with Gasteiger partial charge in [0.15, 0.2) is 0 Å². The maximum absolute atomic E-state index is 2.53. The van der Waals surface area contributed by atoms with Crippen LogP contribution in [0.3, 0.4) is 0 Å². The monoisotopic (exact) mass is 109 g/mol. The highest BCUT2D eigenvalue weighted by atomic mass is 14.4. The Balaban J connectivity index is 2.16. The van der Waals surface area contributed by atoms with E-state index in [1.54, 1.807) is 0 Å². The molecule has 0 aromatic heterocycles. The molecule has 45 valence electrons. The van der Waals surface area contributed by atoms with Gasteiger partial charge in [0.25, 0.3) is 0 Å². The van der Waals surface area contributed by atoms with E-state index < -0.39 is 0 Å². The third-order valence-corrected chi connectivity index (χ3v) is 3.03. The summed E-state index contributed by atoms with van der Waals surface area (Å²) in [5, 5.41) is 0. The molecule has 2 bridgehead atoms. The van der Waals surface area contributed by atoms with Crippen molar-refractivity contribution in [3.63, 3.8) is 0 Å². The van der Waals surface area contributed by atoms with Gasteiger partial charge in [0.05, 0.1) is 0 Å². The Hall–Kier alpha value is 0. The molecule has 0 heterocycles. The van der Waals surface area contributed by atoms with Crippen LogP contribution in [-0.4, -0.2) is 0 Å². The molecule has 0 aromatic carbocycles. The van der Waals surface area contributed by atoms with E-state index in [-0.39, 0.29) is 0 Å². The molecule has 3 atom stereocenters. The van der Waals surface area contributed by atoms with Crippen LogP contribution < -0.4 is 0 Å². The normalized spacial score (nSPS) is 52.9. The molecular weight excluding hydrogens is 96.1 g/mol. The number of fused-ring (bicyclic) bond motifs is 2. The van der Waals surface area contributed by atoms with Crippen molar-refractivity contribution < 1.29 is 0 Å². The van der Waals surface area contributed by atoms with Crippen LogP contribution in [0.2, 0.25) is 0 Å². The standard InChI is InChI=1S/C8H13/c1-6-7-2-3-8(6)5-4-7/h2,6-8H,3-5H2,1H3. The minimum Gasteiger partial charge on any atom is -0.0620 e. The largest absolute Gasteiger partial charge is 0.0620 e. The molecule has 0 heteroatoms. The summed E-state index contributed by atoms with van der Waals surface area (Å²) < 4.78 is 0. The summed E-state index contributed by atoms with van der Waals surface area (Å²) in [5.74, 6) is 3.13. The van der Waals surface area contributed by atoms with Crippen LogP contribution in [0.5, 0.6) is 0 Å². The highest BCUT2D eigenvalue weighted by Crippen LogP contribution is 2.47. The first kappa shape index (κ1) is 4.84. The van der Waals surface area contributed by atoms with Crippen LogP contribution in [0.15, 0.2) is 0 Å². The van der Waals surface area contributed by atoms with Gasteiger partial charge in [0, 0.05) is 0 Å². The third-order valence-electron chi connectivity index (χ3n) is 3.03. The average molecular weight is 109 g/mol. The van der Waals surface area contributed by atoms with Gasteiger partial charge in [-0.3, -0.25) is 0 Å². The van der Waals surface area contributed by atoms with Gasteiger partial charge in [-0.2, -0.15) is 0 Å². The molecule has 2 rings (SSSR count). The smallest absolute Gasteiger partial charge is 0.0349 e. The Bertz CT molecular complexity index is 76.2. The molecule has 2 aliphatic rings. The lowest BCUT2D eigenvalue weighted by atomic mass is 10.0. The summed E-state index contributed by atoms with van der Waals surface area (Å²) in [4.78, 5) is 0. The second kappa shape index (κ2) is 1.49. The molecular formula is C8H13. The van der Waals surface area contributed by atoms with Crippen LogP contribution in [0.4, 0.5) is 0 Å². The molecule has 0 aliphatic heterocycles. The van der Waals surface area contributed by atoms with Crippen LogP contribution in [0.1, 0.15) is 26.2 Å². The number of rotatable bonds is 0. The second-order valence-electron chi connectivity index (χ2n) is 3.33. The van der Waals surface area contributed by atoms with Gasteiger partial charge in [-0.05, 0) is 43.4 Å². The molecule has 0 spiro atoms. The van der Waals surface area contributed by atoms with Crippen molar-refractivity contribution in [1.29, 1.82) is 0 Å². The van der Waals surface area contributed by atoms with E-state index >= 15 is 0 Å². The topological polar surface area (TPSA) is 0 Å². The first-order valence-electron chi connectivity index (χ1n) is 3.71. The van der Waals surface area contributed by atoms with E-state index in [0.717, 1.165) is 17.8 Å². The molecule has 0 amide bonds. The second-order valence-corrected chi connectivity index (χ2v) is 3.33. The van der Waals surface area contributed by atoms with E-state index in [9.17, 15) is 0 Å². The molecule has 0 saturated heterocycles. The maximum Gasteiger partial charge on any atom is -0.0349 e. The van der Waals surface area contributed by atoms with Crippen LogP contribution >= 0.6 is 0 Å². The Morgan fingerprint density at radius 2 is 2.25 bits per heavy atom. The zero-order valence-corrected chi connectivity index (χ0v) is 5.43. The summed E-state index contributed by atoms with van der Waals surface area (Å²) in [6.45, 7) is 2.41. The van der Waals surface area contributed by atoms with E-state index in [4.69, 9.17) is 0 Å². The van der Waals surface area contributed by atoms with Crippen molar-refractivity contribution in [1.82, 2.24) is 0 Å². The molecule has 8 heavy (non-hydrogen) atoms. The number of hydrogen-bond donors (Lipinski definition) is 0. The molecule has 1 radical (unpaired) electrons. The average Bonchev–Trinajstić information content (AvgIpc) is 2.29. The predicted octanol–water partition coefficient (Wildman–Crippen LogP) is 2.26. The summed E-state index contributed by atoms with van der Waals surface area (Å²) in [6.07, 6.45) is 6.96. The zero-order valence-electron chi connectivity index (χ0n) is 5.43. The summed E-state index contributed by atoms with van der Waals surface area (Å²) in [5.41, 5.74) is 0. The van der Waals surface area contributed by atoms with Gasteiger partial charge in [-0.25, -0.2) is 0 Å². The fourth-order valence-electron chi connectivity index (χ4n) is 2.30. The molecule has 0 N–H and O–H groups in total. The van der Waals surface area contributed by atoms with Gasteiger partial charge in [-0.1, -0.05) is 6.92 Å². The van der Waals surface area contributed by atoms with Gasteiger partial charge in [-0.15, -0.1) is 0 Å². The molecule has 2 fully saturated rings. The number of hydrogen-bond acceptors (Lipinski definition) is 0. The molecule has 2 aliphatic carbocycles. The lowest BCUT2D eigenvalue weighted by Crippen LogP contribution is -1.97. The predicted molar refractivity (Wildman–Crippen MR) is 34.3 cm³/mol. The molecule has 0 nitrogen and oxygen atoms in total. The minimum absolute atomic E-state index is 1.01. The van der Waals surface area contributed by atoms with Gasteiger partial charge >= 0.3 is 0 Å². The van der Waals surface area contributed by atoms with E-state index in [2.05, 4.69) is 13.3 Å². The lowest BCUT2D eigenvalue weighted by Gasteiger charge is -2.04. The third kappa shape index (κ3) is 0.463. The van der Waals surface area contributed by atoms with Crippen molar-refractivity contribution in [2.75, 3.05) is 0 Å². The Labute approximate surface area is 51.3 Å². The van der Waals surface area contributed by atoms with Crippen molar-refractivity contribution in [3.05, 3.63) is 6.42 Å². The van der Waals surface area contributed by atoms with E-state index in [1.807, 2.05) is 0 Å². The maximum atomic E-state index is 2.53. The van der Waals surface area contributed by atoms with Crippen molar-refractivity contribution in [2.24, 2.45) is 17.8 Å². The van der Waals surface area contributed by atoms with Crippen LogP contribution in [-0.2, 0) is 0 Å². The lowest BCUT2D eigenvalue weighted by molar-refractivity contribution is 0.450. The van der Waals surface area contributed by atoms with Crippen molar-refractivity contribution >= 4 is 0 Å². The van der Waals surface area contributed by atoms with Crippen molar-refractivity contribution in [3.8, 4) is 0 Å². The molecule has 3 unspecified atom stereocenters.